The van der Waals surface area contributed by atoms with Crippen molar-refractivity contribution in [3.63, 3.8) is 0 Å². The van der Waals surface area contributed by atoms with Crippen LogP contribution in [0.15, 0.2) is 0 Å². The molecule has 0 aromatic carbocycles. The highest BCUT2D eigenvalue weighted by Crippen LogP contribution is 2.18. The normalized spacial score (nSPS) is 23.5. The Morgan fingerprint density at radius 1 is 1.40 bits per heavy atom. The van der Waals surface area contributed by atoms with Crippen molar-refractivity contribution in [1.82, 2.24) is 19.7 Å². The number of carboxylic acids is 1. The van der Waals surface area contributed by atoms with Gasteiger partial charge in [0.2, 0.25) is 0 Å². The monoisotopic (exact) mass is 280 g/mol. The average Bonchev–Trinajstić information content (AvgIpc) is 2.88. The van der Waals surface area contributed by atoms with Gasteiger partial charge in [0.05, 0.1) is 25.7 Å². The highest BCUT2D eigenvalue weighted by atomic mass is 16.5. The van der Waals surface area contributed by atoms with Gasteiger partial charge in [0.15, 0.2) is 5.82 Å². The van der Waals surface area contributed by atoms with Gasteiger partial charge in [-0.1, -0.05) is 0 Å². The minimum Gasteiger partial charge on any atom is -0.481 e. The minimum absolute atomic E-state index is 0.323. The Morgan fingerprint density at radius 3 is 2.95 bits per heavy atom. The van der Waals surface area contributed by atoms with Crippen molar-refractivity contribution in [3.8, 4) is 0 Å². The zero-order chi connectivity index (χ0) is 13.9. The van der Waals surface area contributed by atoms with E-state index >= 15 is 0 Å². The highest BCUT2D eigenvalue weighted by Gasteiger charge is 2.26. The van der Waals surface area contributed by atoms with Crippen LogP contribution in [0.5, 0.6) is 0 Å². The maximum atomic E-state index is 11.0. The standard InChI is InChI=1S/C13H20N4O3/c18-13(19)10-1-2-12-14-11(15-17(12)9-10)3-4-16-5-7-20-8-6-16/h10H,1-9H2,(H,18,19). The molecule has 0 aliphatic carbocycles. The largest absolute Gasteiger partial charge is 0.481 e. The average molecular weight is 280 g/mol. The molecule has 1 unspecified atom stereocenters. The minimum atomic E-state index is -0.735. The van der Waals surface area contributed by atoms with Gasteiger partial charge in [-0.25, -0.2) is 9.67 Å². The van der Waals surface area contributed by atoms with Crippen LogP contribution in [-0.4, -0.2) is 63.6 Å². The van der Waals surface area contributed by atoms with Gasteiger partial charge in [-0.15, -0.1) is 0 Å². The smallest absolute Gasteiger partial charge is 0.308 e. The van der Waals surface area contributed by atoms with Crippen molar-refractivity contribution in [1.29, 1.82) is 0 Å². The topological polar surface area (TPSA) is 80.5 Å². The van der Waals surface area contributed by atoms with Crippen molar-refractivity contribution in [2.45, 2.75) is 25.8 Å². The summed E-state index contributed by atoms with van der Waals surface area (Å²) in [4.78, 5) is 17.9. The van der Waals surface area contributed by atoms with Crippen molar-refractivity contribution < 1.29 is 14.6 Å². The Hall–Kier alpha value is -1.47. The molecule has 110 valence electrons. The van der Waals surface area contributed by atoms with E-state index in [-0.39, 0.29) is 5.92 Å². The summed E-state index contributed by atoms with van der Waals surface area (Å²) in [5.41, 5.74) is 0. The summed E-state index contributed by atoms with van der Waals surface area (Å²) >= 11 is 0. The molecule has 0 bridgehead atoms. The number of aromatic nitrogens is 3. The van der Waals surface area contributed by atoms with E-state index in [2.05, 4.69) is 15.0 Å². The van der Waals surface area contributed by atoms with Gasteiger partial charge in [-0.05, 0) is 6.42 Å². The number of morpholine rings is 1. The molecular weight excluding hydrogens is 260 g/mol. The molecule has 2 aliphatic rings. The SMILES string of the molecule is O=C(O)C1CCc2nc(CCN3CCOCC3)nn2C1. The Kier molecular flexibility index (Phi) is 3.98. The molecule has 3 rings (SSSR count). The van der Waals surface area contributed by atoms with Crippen LogP contribution < -0.4 is 0 Å². The van der Waals surface area contributed by atoms with E-state index in [4.69, 9.17) is 9.84 Å². The lowest BCUT2D eigenvalue weighted by Gasteiger charge is -2.25. The Bertz CT molecular complexity index is 482. The lowest BCUT2D eigenvalue weighted by Crippen LogP contribution is -2.37. The molecule has 1 saturated heterocycles. The van der Waals surface area contributed by atoms with Crippen molar-refractivity contribution in [2.24, 2.45) is 5.92 Å². The Balaban J connectivity index is 1.57. The van der Waals surface area contributed by atoms with E-state index in [0.717, 1.165) is 50.9 Å². The number of rotatable bonds is 4. The van der Waals surface area contributed by atoms with Crippen LogP contribution in [0.4, 0.5) is 0 Å². The van der Waals surface area contributed by atoms with Gasteiger partial charge in [-0.3, -0.25) is 9.69 Å². The number of carboxylic acid groups (broad SMARTS) is 1. The molecule has 20 heavy (non-hydrogen) atoms. The fraction of sp³-hybridized carbons (Fsp3) is 0.769. The first-order valence-electron chi connectivity index (χ1n) is 7.18. The second kappa shape index (κ2) is 5.88. The quantitative estimate of drug-likeness (QED) is 0.822. The third kappa shape index (κ3) is 2.99. The van der Waals surface area contributed by atoms with Crippen molar-refractivity contribution in [3.05, 3.63) is 11.6 Å². The number of nitrogens with zero attached hydrogens (tertiary/aromatic N) is 4. The Morgan fingerprint density at radius 2 is 2.20 bits per heavy atom. The molecule has 1 atom stereocenters. The van der Waals surface area contributed by atoms with Gasteiger partial charge in [0, 0.05) is 32.5 Å². The number of carbonyl (C=O) groups is 1. The molecule has 2 aliphatic heterocycles. The third-order valence-corrected chi connectivity index (χ3v) is 4.01. The van der Waals surface area contributed by atoms with Crippen LogP contribution in [0.25, 0.3) is 0 Å². The Labute approximate surface area is 117 Å². The van der Waals surface area contributed by atoms with E-state index in [1.54, 1.807) is 4.68 Å². The molecule has 1 aromatic rings. The summed E-state index contributed by atoms with van der Waals surface area (Å²) in [5.74, 6) is 0.703. The maximum absolute atomic E-state index is 11.0. The molecule has 0 spiro atoms. The lowest BCUT2D eigenvalue weighted by atomic mass is 10.0. The summed E-state index contributed by atoms with van der Waals surface area (Å²) in [7, 11) is 0. The molecule has 0 amide bonds. The number of aliphatic carboxylic acids is 1. The summed E-state index contributed by atoms with van der Waals surface area (Å²) in [6.07, 6.45) is 2.19. The van der Waals surface area contributed by atoms with Gasteiger partial charge in [0.25, 0.3) is 0 Å². The summed E-state index contributed by atoms with van der Waals surface area (Å²) in [6.45, 7) is 4.93. The van der Waals surface area contributed by atoms with Crippen LogP contribution in [0.1, 0.15) is 18.1 Å². The van der Waals surface area contributed by atoms with E-state index < -0.39 is 5.97 Å². The molecule has 7 nitrogen and oxygen atoms in total. The molecular formula is C13H20N4O3. The molecule has 1 aromatic heterocycles. The molecule has 7 heteroatoms. The zero-order valence-electron chi connectivity index (χ0n) is 11.5. The van der Waals surface area contributed by atoms with Gasteiger partial charge < -0.3 is 9.84 Å². The first-order valence-corrected chi connectivity index (χ1v) is 7.18. The highest BCUT2D eigenvalue weighted by molar-refractivity contribution is 5.70. The van der Waals surface area contributed by atoms with Crippen LogP contribution in [0, 0.1) is 5.92 Å². The maximum Gasteiger partial charge on any atom is 0.308 e. The first-order chi connectivity index (χ1) is 9.72. The summed E-state index contributed by atoms with van der Waals surface area (Å²) in [6, 6.07) is 0. The molecule has 0 saturated carbocycles. The molecule has 1 fully saturated rings. The number of hydrogen-bond donors (Lipinski definition) is 1. The van der Waals surface area contributed by atoms with Crippen LogP contribution in [0.3, 0.4) is 0 Å². The second-order valence-electron chi connectivity index (χ2n) is 5.40. The van der Waals surface area contributed by atoms with Crippen molar-refractivity contribution in [2.75, 3.05) is 32.8 Å². The lowest BCUT2D eigenvalue weighted by molar-refractivity contribution is -0.142. The number of ether oxygens (including phenoxy) is 1. The van der Waals surface area contributed by atoms with Crippen LogP contribution >= 0.6 is 0 Å². The summed E-state index contributed by atoms with van der Waals surface area (Å²) in [5, 5.41) is 13.5. The van der Waals surface area contributed by atoms with E-state index in [1.807, 2.05) is 0 Å². The number of aryl methyl sites for hydroxylation is 1. The van der Waals surface area contributed by atoms with Crippen molar-refractivity contribution >= 4 is 5.97 Å². The fourth-order valence-corrected chi connectivity index (χ4v) is 2.75. The van der Waals surface area contributed by atoms with Crippen LogP contribution in [0.2, 0.25) is 0 Å². The summed E-state index contributed by atoms with van der Waals surface area (Å²) < 4.78 is 7.09. The van der Waals surface area contributed by atoms with E-state index in [0.29, 0.717) is 19.4 Å². The number of hydrogen-bond acceptors (Lipinski definition) is 5. The zero-order valence-corrected chi connectivity index (χ0v) is 11.5. The van der Waals surface area contributed by atoms with E-state index in [1.165, 1.54) is 0 Å². The predicted octanol–water partition coefficient (Wildman–Crippen LogP) is -0.200. The fourth-order valence-electron chi connectivity index (χ4n) is 2.75. The van der Waals surface area contributed by atoms with Crippen LogP contribution in [-0.2, 0) is 28.9 Å². The van der Waals surface area contributed by atoms with Gasteiger partial charge in [0.1, 0.15) is 5.82 Å². The molecule has 3 heterocycles. The first kappa shape index (κ1) is 13.5. The third-order valence-electron chi connectivity index (χ3n) is 4.01. The molecule has 0 radical (unpaired) electrons. The van der Waals surface area contributed by atoms with E-state index in [9.17, 15) is 4.79 Å². The number of fused-ring (bicyclic) bond motifs is 1. The van der Waals surface area contributed by atoms with Gasteiger partial charge >= 0.3 is 5.97 Å². The van der Waals surface area contributed by atoms with Gasteiger partial charge in [-0.2, -0.15) is 5.10 Å². The molecule has 1 N–H and O–H groups in total. The second-order valence-corrected chi connectivity index (χ2v) is 5.40. The predicted molar refractivity (Wildman–Crippen MR) is 70.4 cm³/mol.